The third-order valence-electron chi connectivity index (χ3n) is 2.71. The molecule has 15 heavy (non-hydrogen) atoms. The summed E-state index contributed by atoms with van der Waals surface area (Å²) in [5, 5.41) is 0. The van der Waals surface area contributed by atoms with E-state index in [1.165, 1.54) is 0 Å². The lowest BCUT2D eigenvalue weighted by Gasteiger charge is -2.29. The van der Waals surface area contributed by atoms with Gasteiger partial charge < -0.3 is 4.74 Å². The van der Waals surface area contributed by atoms with Crippen molar-refractivity contribution in [3.05, 3.63) is 12.2 Å². The molecule has 0 saturated carbocycles. The van der Waals surface area contributed by atoms with Crippen LogP contribution in [0, 0.1) is 5.41 Å². The Morgan fingerprint density at radius 2 is 2.13 bits per heavy atom. The van der Waals surface area contributed by atoms with Crippen LogP contribution in [0.25, 0.3) is 0 Å². The van der Waals surface area contributed by atoms with Crippen molar-refractivity contribution in [1.29, 1.82) is 0 Å². The first-order valence-corrected chi connectivity index (χ1v) is 6.17. The molecule has 0 spiro atoms. The van der Waals surface area contributed by atoms with Crippen molar-refractivity contribution in [2.24, 2.45) is 5.41 Å². The Balaban J connectivity index is 2.55. The zero-order valence-corrected chi connectivity index (χ0v) is 10.4. The molecule has 0 fully saturated rings. The number of allylic oxidation sites excluding steroid dienone is 2. The van der Waals surface area contributed by atoms with E-state index in [2.05, 4.69) is 6.08 Å². The van der Waals surface area contributed by atoms with Gasteiger partial charge in [-0.25, -0.2) is 0 Å². The van der Waals surface area contributed by atoms with E-state index in [1.807, 2.05) is 13.0 Å². The molecule has 0 aromatic rings. The lowest BCUT2D eigenvalue weighted by Crippen LogP contribution is -2.34. The highest BCUT2D eigenvalue weighted by Crippen LogP contribution is 2.33. The Kier molecular flexibility index (Phi) is 4.94. The summed E-state index contributed by atoms with van der Waals surface area (Å²) >= 11 is 11.2. The highest BCUT2D eigenvalue weighted by Gasteiger charge is 2.35. The second-order valence-corrected chi connectivity index (χ2v) is 4.73. The molecule has 0 radical (unpaired) electrons. The van der Waals surface area contributed by atoms with Gasteiger partial charge in [-0.2, -0.15) is 0 Å². The van der Waals surface area contributed by atoms with Crippen molar-refractivity contribution in [1.82, 2.24) is 0 Å². The molecule has 0 heterocycles. The fraction of sp³-hybridized carbons (Fsp3) is 0.727. The summed E-state index contributed by atoms with van der Waals surface area (Å²) in [7, 11) is 0. The predicted octanol–water partition coefficient (Wildman–Crippen LogP) is 3.12. The molecule has 1 atom stereocenters. The average molecular weight is 251 g/mol. The summed E-state index contributed by atoms with van der Waals surface area (Å²) in [5.74, 6) is 0.320. The van der Waals surface area contributed by atoms with Gasteiger partial charge in [-0.15, -0.1) is 23.2 Å². The number of carbonyl (C=O) groups excluding carboxylic acids is 1. The number of esters is 1. The maximum absolute atomic E-state index is 11.9. The highest BCUT2D eigenvalue weighted by molar-refractivity contribution is 6.21. The minimum absolute atomic E-state index is 0.182. The summed E-state index contributed by atoms with van der Waals surface area (Å²) in [5.41, 5.74) is -0.398. The standard InChI is InChI=1S/C11H16Cl2O2/c1-11(5-3-2-4-6-11)10(14)15-9(7-12)8-13/h2-3,9H,4-8H2,1H3. The van der Waals surface area contributed by atoms with Crippen molar-refractivity contribution >= 4 is 29.2 Å². The van der Waals surface area contributed by atoms with E-state index in [9.17, 15) is 4.79 Å². The molecule has 4 heteroatoms. The van der Waals surface area contributed by atoms with Gasteiger partial charge in [0.15, 0.2) is 0 Å². The Morgan fingerprint density at radius 3 is 2.60 bits per heavy atom. The van der Waals surface area contributed by atoms with Crippen molar-refractivity contribution in [2.45, 2.75) is 32.3 Å². The first-order valence-electron chi connectivity index (χ1n) is 5.10. The molecule has 0 aromatic carbocycles. The van der Waals surface area contributed by atoms with Crippen LogP contribution in [-0.2, 0) is 9.53 Å². The maximum Gasteiger partial charge on any atom is 0.312 e. The number of hydrogen-bond donors (Lipinski definition) is 0. The molecule has 2 nitrogen and oxygen atoms in total. The van der Waals surface area contributed by atoms with Crippen LogP contribution in [0.2, 0.25) is 0 Å². The minimum atomic E-state index is -0.398. The fourth-order valence-electron chi connectivity index (χ4n) is 1.55. The van der Waals surface area contributed by atoms with Gasteiger partial charge >= 0.3 is 5.97 Å². The van der Waals surface area contributed by atoms with Crippen molar-refractivity contribution in [3.8, 4) is 0 Å². The lowest BCUT2D eigenvalue weighted by molar-refractivity contribution is -0.159. The van der Waals surface area contributed by atoms with E-state index in [0.29, 0.717) is 0 Å². The predicted molar refractivity (Wildman–Crippen MR) is 62.4 cm³/mol. The second kappa shape index (κ2) is 5.76. The summed E-state index contributed by atoms with van der Waals surface area (Å²) in [6.07, 6.45) is 6.25. The van der Waals surface area contributed by atoms with Crippen LogP contribution in [0.5, 0.6) is 0 Å². The Labute approximate surface area is 101 Å². The van der Waals surface area contributed by atoms with Gasteiger partial charge in [0.1, 0.15) is 6.10 Å². The van der Waals surface area contributed by atoms with Crippen LogP contribution >= 0.6 is 23.2 Å². The van der Waals surface area contributed by atoms with Gasteiger partial charge in [0.25, 0.3) is 0 Å². The maximum atomic E-state index is 11.9. The zero-order chi connectivity index (χ0) is 11.3. The third kappa shape index (κ3) is 3.39. The van der Waals surface area contributed by atoms with Crippen LogP contribution < -0.4 is 0 Å². The topological polar surface area (TPSA) is 26.3 Å². The average Bonchev–Trinajstić information content (AvgIpc) is 2.26. The summed E-state index contributed by atoms with van der Waals surface area (Å²) in [4.78, 5) is 11.9. The number of halogens is 2. The largest absolute Gasteiger partial charge is 0.459 e. The SMILES string of the molecule is CC1(C(=O)OC(CCl)CCl)CC=CCC1. The van der Waals surface area contributed by atoms with Crippen LogP contribution in [0.1, 0.15) is 26.2 Å². The Bertz CT molecular complexity index is 249. The molecular weight excluding hydrogens is 235 g/mol. The van der Waals surface area contributed by atoms with E-state index in [0.717, 1.165) is 19.3 Å². The minimum Gasteiger partial charge on any atom is -0.459 e. The molecule has 0 N–H and O–H groups in total. The first-order chi connectivity index (χ1) is 7.12. The van der Waals surface area contributed by atoms with Crippen LogP contribution in [0.3, 0.4) is 0 Å². The van der Waals surface area contributed by atoms with Gasteiger partial charge in [0.05, 0.1) is 17.2 Å². The molecule has 0 amide bonds. The molecule has 1 aliphatic carbocycles. The van der Waals surface area contributed by atoms with Crippen LogP contribution in [-0.4, -0.2) is 23.8 Å². The molecule has 0 aromatic heterocycles. The number of ether oxygens (including phenoxy) is 1. The van der Waals surface area contributed by atoms with Gasteiger partial charge in [-0.3, -0.25) is 4.79 Å². The van der Waals surface area contributed by atoms with E-state index in [1.54, 1.807) is 0 Å². The molecule has 86 valence electrons. The van der Waals surface area contributed by atoms with Gasteiger partial charge in [-0.05, 0) is 26.2 Å². The Hall–Kier alpha value is -0.210. The van der Waals surface area contributed by atoms with Gasteiger partial charge in [-0.1, -0.05) is 12.2 Å². The van der Waals surface area contributed by atoms with Crippen molar-refractivity contribution in [3.63, 3.8) is 0 Å². The zero-order valence-electron chi connectivity index (χ0n) is 8.84. The van der Waals surface area contributed by atoms with E-state index < -0.39 is 5.41 Å². The van der Waals surface area contributed by atoms with Crippen molar-refractivity contribution < 1.29 is 9.53 Å². The third-order valence-corrected chi connectivity index (χ3v) is 3.40. The molecule has 0 bridgehead atoms. The van der Waals surface area contributed by atoms with Gasteiger partial charge in [0.2, 0.25) is 0 Å². The quantitative estimate of drug-likeness (QED) is 0.436. The summed E-state index contributed by atoms with van der Waals surface area (Å²) < 4.78 is 5.25. The monoisotopic (exact) mass is 250 g/mol. The molecule has 1 aliphatic rings. The normalized spacial score (nSPS) is 25.6. The number of hydrogen-bond acceptors (Lipinski definition) is 2. The van der Waals surface area contributed by atoms with E-state index in [-0.39, 0.29) is 23.8 Å². The van der Waals surface area contributed by atoms with E-state index in [4.69, 9.17) is 27.9 Å². The molecule has 0 saturated heterocycles. The number of rotatable bonds is 4. The molecule has 0 aliphatic heterocycles. The lowest BCUT2D eigenvalue weighted by atomic mass is 9.79. The first kappa shape index (κ1) is 12.9. The van der Waals surface area contributed by atoms with E-state index >= 15 is 0 Å². The highest BCUT2D eigenvalue weighted by atomic mass is 35.5. The van der Waals surface area contributed by atoms with Crippen molar-refractivity contribution in [2.75, 3.05) is 11.8 Å². The second-order valence-electron chi connectivity index (χ2n) is 4.11. The molecular formula is C11H16Cl2O2. The molecule has 1 unspecified atom stereocenters. The van der Waals surface area contributed by atoms with Gasteiger partial charge in [0, 0.05) is 0 Å². The Morgan fingerprint density at radius 1 is 1.47 bits per heavy atom. The summed E-state index contributed by atoms with van der Waals surface area (Å²) in [6, 6.07) is 0. The van der Waals surface area contributed by atoms with Crippen LogP contribution in [0.15, 0.2) is 12.2 Å². The summed E-state index contributed by atoms with van der Waals surface area (Å²) in [6.45, 7) is 1.93. The smallest absolute Gasteiger partial charge is 0.312 e. The fourth-order valence-corrected chi connectivity index (χ4v) is 2.00. The number of alkyl halides is 2. The number of carbonyl (C=O) groups is 1. The van der Waals surface area contributed by atoms with Crippen LogP contribution in [0.4, 0.5) is 0 Å². The molecule has 1 rings (SSSR count).